The van der Waals surface area contributed by atoms with Gasteiger partial charge in [-0.25, -0.2) is 9.82 Å². The molecule has 9 heteroatoms. The van der Waals surface area contributed by atoms with E-state index in [1.165, 1.54) is 17.8 Å². The van der Waals surface area contributed by atoms with Gasteiger partial charge in [-0.1, -0.05) is 18.2 Å². The molecule has 1 saturated heterocycles. The Morgan fingerprint density at radius 1 is 1.09 bits per heavy atom. The number of benzene rings is 2. The smallest absolute Gasteiger partial charge is 0.250 e. The lowest BCUT2D eigenvalue weighted by Gasteiger charge is -2.37. The van der Waals surface area contributed by atoms with E-state index < -0.39 is 0 Å². The number of hydrazone groups is 1. The van der Waals surface area contributed by atoms with Crippen LogP contribution in [-0.2, 0) is 4.79 Å². The molecule has 5 rings (SSSR count). The number of fused-ring (bicyclic) bond motifs is 1. The third kappa shape index (κ3) is 5.63. The van der Waals surface area contributed by atoms with Crippen molar-refractivity contribution in [2.24, 2.45) is 5.10 Å². The van der Waals surface area contributed by atoms with Crippen LogP contribution < -0.4 is 15.2 Å². The van der Waals surface area contributed by atoms with Crippen molar-refractivity contribution >= 4 is 57.5 Å². The molecule has 4 aromatic rings. The molecule has 1 aliphatic heterocycles. The second-order valence-corrected chi connectivity index (χ2v) is 10.0. The van der Waals surface area contributed by atoms with Crippen molar-refractivity contribution in [1.82, 2.24) is 10.4 Å². The summed E-state index contributed by atoms with van der Waals surface area (Å²) in [5.74, 6) is -0.0827. The second kappa shape index (κ2) is 10.9. The maximum atomic E-state index is 14.2. The average Bonchev–Trinajstić information content (AvgIpc) is 3.41. The highest BCUT2D eigenvalue weighted by Gasteiger charge is 2.20. The number of hydrogen-bond donors (Lipinski definition) is 1. The molecule has 1 fully saturated rings. The third-order valence-corrected chi connectivity index (χ3v) is 7.69. The lowest BCUT2D eigenvalue weighted by atomic mass is 10.1. The molecule has 0 atom stereocenters. The Labute approximate surface area is 211 Å². The van der Waals surface area contributed by atoms with Crippen molar-refractivity contribution in [1.29, 1.82) is 0 Å². The molecular formula is C26H24FN5OS2. The fourth-order valence-electron chi connectivity index (χ4n) is 4.05. The van der Waals surface area contributed by atoms with Crippen molar-refractivity contribution < 1.29 is 9.18 Å². The van der Waals surface area contributed by atoms with E-state index in [-0.39, 0.29) is 17.5 Å². The second-order valence-electron chi connectivity index (χ2n) is 8.03. The molecule has 0 bridgehead atoms. The Kier molecular flexibility index (Phi) is 7.25. The van der Waals surface area contributed by atoms with Gasteiger partial charge >= 0.3 is 0 Å². The van der Waals surface area contributed by atoms with E-state index in [4.69, 9.17) is 0 Å². The number of carbonyl (C=O) groups is 1. The summed E-state index contributed by atoms with van der Waals surface area (Å²) in [6.07, 6.45) is 3.41. The first kappa shape index (κ1) is 23.3. The van der Waals surface area contributed by atoms with Gasteiger partial charge in [-0.3, -0.25) is 9.78 Å². The van der Waals surface area contributed by atoms with Crippen LogP contribution in [0.3, 0.4) is 0 Å². The van der Waals surface area contributed by atoms with Crippen LogP contribution in [0.4, 0.5) is 15.8 Å². The van der Waals surface area contributed by atoms with Gasteiger partial charge in [0.05, 0.1) is 23.2 Å². The average molecular weight is 506 g/mol. The molecule has 0 spiro atoms. The Bertz CT molecular complexity index is 1340. The summed E-state index contributed by atoms with van der Waals surface area (Å²) in [6.45, 7) is 3.10. The van der Waals surface area contributed by atoms with Crippen molar-refractivity contribution in [2.45, 2.75) is 4.90 Å². The van der Waals surface area contributed by atoms with Crippen molar-refractivity contribution in [3.63, 3.8) is 0 Å². The predicted molar refractivity (Wildman–Crippen MR) is 143 cm³/mol. The van der Waals surface area contributed by atoms with Gasteiger partial charge in [0.15, 0.2) is 0 Å². The number of anilines is 2. The van der Waals surface area contributed by atoms with E-state index in [1.807, 2.05) is 41.8 Å². The van der Waals surface area contributed by atoms with Gasteiger partial charge in [-0.2, -0.15) is 5.10 Å². The molecule has 0 radical (unpaired) electrons. The summed E-state index contributed by atoms with van der Waals surface area (Å²) in [6, 6.07) is 19.0. The normalized spacial score (nSPS) is 14.1. The number of pyridine rings is 1. The van der Waals surface area contributed by atoms with Crippen molar-refractivity contribution in [2.75, 3.05) is 41.7 Å². The van der Waals surface area contributed by atoms with Crippen LogP contribution in [0.5, 0.6) is 0 Å². The first-order valence-corrected chi connectivity index (χ1v) is 13.2. The molecule has 2 aromatic heterocycles. The first-order chi connectivity index (χ1) is 17.2. The van der Waals surface area contributed by atoms with E-state index in [0.717, 1.165) is 52.5 Å². The van der Waals surface area contributed by atoms with E-state index in [2.05, 4.69) is 37.4 Å². The highest BCUT2D eigenvalue weighted by atomic mass is 32.2. The predicted octanol–water partition coefficient (Wildman–Crippen LogP) is 5.00. The van der Waals surface area contributed by atoms with Gasteiger partial charge in [0.1, 0.15) is 5.82 Å². The van der Waals surface area contributed by atoms with Gasteiger partial charge in [-0.15, -0.1) is 23.1 Å². The van der Waals surface area contributed by atoms with Crippen molar-refractivity contribution in [3.8, 4) is 0 Å². The summed E-state index contributed by atoms with van der Waals surface area (Å²) in [5.41, 5.74) is 5.23. The molecule has 2 aromatic carbocycles. The maximum absolute atomic E-state index is 14.2. The highest BCUT2D eigenvalue weighted by molar-refractivity contribution is 8.00. The number of aromatic nitrogens is 1. The van der Waals surface area contributed by atoms with Gasteiger partial charge < -0.3 is 9.80 Å². The monoisotopic (exact) mass is 505 g/mol. The number of amides is 1. The fourth-order valence-corrected chi connectivity index (χ4v) is 5.47. The summed E-state index contributed by atoms with van der Waals surface area (Å²) >= 11 is 3.03. The minimum atomic E-state index is -0.180. The standard InChI is InChI=1S/C26H24FN5OS2/c27-22-5-1-2-6-24(22)32-13-11-31(12-14-32)19-7-8-23-21(16-19)25(9-10-28-23)35-18-26(33)30-29-17-20-4-3-15-34-20/h1-10,15-17H,11-14,18H2,(H,30,33)/b29-17+. The lowest BCUT2D eigenvalue weighted by Crippen LogP contribution is -2.46. The van der Waals surface area contributed by atoms with Gasteiger partial charge in [0.25, 0.3) is 0 Å². The first-order valence-electron chi connectivity index (χ1n) is 11.3. The number of para-hydroxylation sites is 1. The summed E-state index contributed by atoms with van der Waals surface area (Å²) in [4.78, 5) is 23.1. The van der Waals surface area contributed by atoms with Crippen LogP contribution in [0.2, 0.25) is 0 Å². The molecular weight excluding hydrogens is 481 g/mol. The number of halogens is 1. The van der Waals surface area contributed by atoms with E-state index in [9.17, 15) is 9.18 Å². The van der Waals surface area contributed by atoms with Gasteiger partial charge in [-0.05, 0) is 47.8 Å². The van der Waals surface area contributed by atoms with Crippen molar-refractivity contribution in [3.05, 3.63) is 82.9 Å². The molecule has 0 saturated carbocycles. The Morgan fingerprint density at radius 3 is 2.71 bits per heavy atom. The molecule has 1 aliphatic rings. The zero-order valence-corrected chi connectivity index (χ0v) is 20.6. The van der Waals surface area contributed by atoms with E-state index in [0.29, 0.717) is 5.69 Å². The minimum Gasteiger partial charge on any atom is -0.368 e. The van der Waals surface area contributed by atoms with Crippen LogP contribution in [-0.4, -0.2) is 49.0 Å². The van der Waals surface area contributed by atoms with E-state index in [1.54, 1.807) is 29.8 Å². The molecule has 178 valence electrons. The molecule has 3 heterocycles. The largest absolute Gasteiger partial charge is 0.368 e. The minimum absolute atomic E-state index is 0.159. The van der Waals surface area contributed by atoms with Crippen LogP contribution in [0, 0.1) is 5.82 Å². The van der Waals surface area contributed by atoms with E-state index >= 15 is 0 Å². The molecule has 35 heavy (non-hydrogen) atoms. The number of piperazine rings is 1. The quantitative estimate of drug-likeness (QED) is 0.218. The van der Waals surface area contributed by atoms with Crippen LogP contribution >= 0.6 is 23.1 Å². The van der Waals surface area contributed by atoms with Crippen LogP contribution in [0.1, 0.15) is 4.88 Å². The summed E-state index contributed by atoms with van der Waals surface area (Å²) < 4.78 is 14.2. The number of nitrogens with one attached hydrogen (secondary N) is 1. The fraction of sp³-hybridized carbons (Fsp3) is 0.192. The number of thioether (sulfide) groups is 1. The van der Waals surface area contributed by atoms with Gasteiger partial charge in [0, 0.05) is 53.2 Å². The van der Waals surface area contributed by atoms with Gasteiger partial charge in [0.2, 0.25) is 5.91 Å². The summed E-state index contributed by atoms with van der Waals surface area (Å²) in [5, 5.41) is 7.00. The molecule has 1 amide bonds. The number of rotatable bonds is 7. The Morgan fingerprint density at radius 2 is 1.91 bits per heavy atom. The topological polar surface area (TPSA) is 60.8 Å². The molecule has 1 N–H and O–H groups in total. The van der Waals surface area contributed by atoms with Crippen LogP contribution in [0.15, 0.2) is 82.2 Å². The number of hydrogen-bond acceptors (Lipinski definition) is 7. The number of nitrogens with zero attached hydrogens (tertiary/aromatic N) is 4. The highest BCUT2D eigenvalue weighted by Crippen LogP contribution is 2.31. The number of thiophene rings is 1. The third-order valence-electron chi connectivity index (χ3n) is 5.81. The van der Waals surface area contributed by atoms with Crippen LogP contribution in [0.25, 0.3) is 10.9 Å². The Balaban J connectivity index is 1.23. The molecule has 0 unspecified atom stereocenters. The Hall–Kier alpha value is -3.43. The zero-order valence-electron chi connectivity index (χ0n) is 18.9. The lowest BCUT2D eigenvalue weighted by molar-refractivity contribution is -0.118. The zero-order chi connectivity index (χ0) is 24.0. The SMILES string of the molecule is O=C(CSc1ccnc2ccc(N3CCN(c4ccccc4F)CC3)cc12)N/N=C/c1cccs1. The molecule has 6 nitrogen and oxygen atoms in total. The summed E-state index contributed by atoms with van der Waals surface area (Å²) in [7, 11) is 0. The number of carbonyl (C=O) groups excluding carboxylic acids is 1. The molecule has 0 aliphatic carbocycles. The maximum Gasteiger partial charge on any atom is 0.250 e.